The zero-order chi connectivity index (χ0) is 13.5. The van der Waals surface area contributed by atoms with E-state index in [4.69, 9.17) is 16.3 Å². The zero-order valence-corrected chi connectivity index (χ0v) is 11.7. The van der Waals surface area contributed by atoms with Crippen molar-refractivity contribution in [3.8, 4) is 5.75 Å². The van der Waals surface area contributed by atoms with Crippen LogP contribution in [0.2, 0.25) is 5.02 Å². The van der Waals surface area contributed by atoms with Crippen LogP contribution in [-0.2, 0) is 0 Å². The van der Waals surface area contributed by atoms with Crippen LogP contribution in [0.3, 0.4) is 0 Å². The first-order chi connectivity index (χ1) is 9.25. The Morgan fingerprint density at radius 1 is 1.11 bits per heavy atom. The first-order valence-corrected chi connectivity index (χ1v) is 6.80. The summed E-state index contributed by atoms with van der Waals surface area (Å²) < 4.78 is 5.63. The second-order valence-corrected chi connectivity index (χ2v) is 4.83. The lowest BCUT2D eigenvalue weighted by atomic mass is 10.1. The molecule has 0 unspecified atom stereocenters. The van der Waals surface area contributed by atoms with Crippen LogP contribution in [0.15, 0.2) is 54.6 Å². The van der Waals surface area contributed by atoms with Crippen LogP contribution in [0.5, 0.6) is 5.75 Å². The van der Waals surface area contributed by atoms with Crippen molar-refractivity contribution < 1.29 is 4.74 Å². The summed E-state index contributed by atoms with van der Waals surface area (Å²) in [6, 6.07) is 18.0. The minimum atomic E-state index is 0.262. The predicted molar refractivity (Wildman–Crippen MR) is 79.8 cm³/mol. The smallest absolute Gasteiger partial charge is 0.119 e. The lowest BCUT2D eigenvalue weighted by molar-refractivity contribution is 0.307. The van der Waals surface area contributed by atoms with Crippen molar-refractivity contribution in [3.63, 3.8) is 0 Å². The van der Waals surface area contributed by atoms with Gasteiger partial charge in [0.05, 0.1) is 0 Å². The molecule has 0 bridgehead atoms. The van der Waals surface area contributed by atoms with E-state index in [1.165, 1.54) is 5.56 Å². The molecule has 0 aliphatic rings. The highest BCUT2D eigenvalue weighted by molar-refractivity contribution is 6.30. The molecule has 0 radical (unpaired) electrons. The molecule has 0 saturated heterocycles. The van der Waals surface area contributed by atoms with Crippen LogP contribution in [0.4, 0.5) is 0 Å². The second kappa shape index (κ2) is 7.17. The van der Waals surface area contributed by atoms with Crippen LogP contribution in [0.1, 0.15) is 18.5 Å². The highest BCUT2D eigenvalue weighted by atomic mass is 35.5. The first-order valence-electron chi connectivity index (χ1n) is 6.42. The fraction of sp³-hybridized carbons (Fsp3) is 0.250. The minimum Gasteiger partial charge on any atom is -0.492 e. The number of para-hydroxylation sites is 1. The second-order valence-electron chi connectivity index (χ2n) is 4.39. The maximum atomic E-state index is 5.98. The third-order valence-corrected chi connectivity index (χ3v) is 3.15. The summed E-state index contributed by atoms with van der Waals surface area (Å²) in [7, 11) is 0. The molecule has 0 fully saturated rings. The normalized spacial score (nSPS) is 12.1. The van der Waals surface area contributed by atoms with Gasteiger partial charge in [-0.05, 0) is 36.8 Å². The monoisotopic (exact) mass is 275 g/mol. The topological polar surface area (TPSA) is 21.3 Å². The van der Waals surface area contributed by atoms with E-state index in [0.29, 0.717) is 6.61 Å². The largest absolute Gasteiger partial charge is 0.492 e. The van der Waals surface area contributed by atoms with Crippen molar-refractivity contribution in [1.82, 2.24) is 5.32 Å². The molecular formula is C16H18ClNO. The van der Waals surface area contributed by atoms with Crippen LogP contribution in [-0.4, -0.2) is 13.2 Å². The SMILES string of the molecule is C[C@@H](NCCOc1ccccc1)c1cccc(Cl)c1. The Balaban J connectivity index is 1.74. The molecule has 2 nitrogen and oxygen atoms in total. The highest BCUT2D eigenvalue weighted by Gasteiger charge is 2.04. The average molecular weight is 276 g/mol. The molecule has 0 aliphatic carbocycles. The van der Waals surface area contributed by atoms with Crippen molar-refractivity contribution >= 4 is 11.6 Å². The van der Waals surface area contributed by atoms with E-state index in [1.54, 1.807) is 0 Å². The van der Waals surface area contributed by atoms with Crippen LogP contribution in [0.25, 0.3) is 0 Å². The summed E-state index contributed by atoms with van der Waals surface area (Å²) in [5, 5.41) is 4.18. The molecule has 2 rings (SSSR count). The van der Waals surface area contributed by atoms with E-state index >= 15 is 0 Å². The molecule has 0 heterocycles. The molecule has 0 amide bonds. The summed E-state index contributed by atoms with van der Waals surface area (Å²) in [6.45, 7) is 3.56. The number of halogens is 1. The molecule has 19 heavy (non-hydrogen) atoms. The van der Waals surface area contributed by atoms with E-state index in [0.717, 1.165) is 17.3 Å². The molecule has 1 N–H and O–H groups in total. The summed E-state index contributed by atoms with van der Waals surface area (Å²) in [6.07, 6.45) is 0. The predicted octanol–water partition coefficient (Wildman–Crippen LogP) is 4.07. The molecule has 1 atom stereocenters. The fourth-order valence-corrected chi connectivity index (χ4v) is 2.05. The van der Waals surface area contributed by atoms with Crippen molar-refractivity contribution in [2.45, 2.75) is 13.0 Å². The Labute approximate surface area is 119 Å². The Kier molecular flexibility index (Phi) is 5.25. The summed E-state index contributed by atoms with van der Waals surface area (Å²) in [4.78, 5) is 0. The number of hydrogen-bond donors (Lipinski definition) is 1. The molecular weight excluding hydrogens is 258 g/mol. The quantitative estimate of drug-likeness (QED) is 0.803. The first kappa shape index (κ1) is 13.9. The van der Waals surface area contributed by atoms with Gasteiger partial charge in [0.2, 0.25) is 0 Å². The van der Waals surface area contributed by atoms with Gasteiger partial charge in [-0.25, -0.2) is 0 Å². The third kappa shape index (κ3) is 4.58. The van der Waals surface area contributed by atoms with Crippen LogP contribution < -0.4 is 10.1 Å². The Morgan fingerprint density at radius 3 is 2.63 bits per heavy atom. The molecule has 2 aromatic rings. The maximum absolute atomic E-state index is 5.98. The van der Waals surface area contributed by atoms with Gasteiger partial charge in [0.15, 0.2) is 0 Å². The van der Waals surface area contributed by atoms with Gasteiger partial charge >= 0.3 is 0 Å². The Morgan fingerprint density at radius 2 is 1.89 bits per heavy atom. The van der Waals surface area contributed by atoms with E-state index in [1.807, 2.05) is 48.5 Å². The maximum Gasteiger partial charge on any atom is 0.119 e. The molecule has 3 heteroatoms. The summed E-state index contributed by atoms with van der Waals surface area (Å²) in [5.74, 6) is 0.903. The van der Waals surface area contributed by atoms with E-state index in [-0.39, 0.29) is 6.04 Å². The number of ether oxygens (including phenoxy) is 1. The third-order valence-electron chi connectivity index (χ3n) is 2.91. The summed E-state index contributed by atoms with van der Waals surface area (Å²) >= 11 is 5.98. The van der Waals surface area contributed by atoms with E-state index in [9.17, 15) is 0 Å². The Hall–Kier alpha value is -1.51. The van der Waals surface area contributed by atoms with Gasteiger partial charge in [-0.2, -0.15) is 0 Å². The van der Waals surface area contributed by atoms with Gasteiger partial charge in [0.25, 0.3) is 0 Å². The lowest BCUT2D eigenvalue weighted by Crippen LogP contribution is -2.24. The van der Waals surface area contributed by atoms with Gasteiger partial charge < -0.3 is 10.1 Å². The zero-order valence-electron chi connectivity index (χ0n) is 11.0. The molecule has 0 aromatic heterocycles. The molecule has 0 spiro atoms. The number of benzene rings is 2. The van der Waals surface area contributed by atoms with Gasteiger partial charge in [0.1, 0.15) is 12.4 Å². The Bertz CT molecular complexity index is 501. The van der Waals surface area contributed by atoms with Crippen molar-refractivity contribution in [1.29, 1.82) is 0 Å². The fourth-order valence-electron chi connectivity index (χ4n) is 1.85. The van der Waals surface area contributed by atoms with Crippen molar-refractivity contribution in [3.05, 3.63) is 65.2 Å². The van der Waals surface area contributed by atoms with Gasteiger partial charge in [-0.1, -0.05) is 41.9 Å². The average Bonchev–Trinajstić information content (AvgIpc) is 2.44. The summed E-state index contributed by atoms with van der Waals surface area (Å²) in [5.41, 5.74) is 1.19. The molecule has 2 aromatic carbocycles. The number of rotatable bonds is 6. The van der Waals surface area contributed by atoms with Crippen molar-refractivity contribution in [2.24, 2.45) is 0 Å². The van der Waals surface area contributed by atoms with Gasteiger partial charge in [0, 0.05) is 17.6 Å². The van der Waals surface area contributed by atoms with Crippen LogP contribution >= 0.6 is 11.6 Å². The standard InChI is InChI=1S/C16H18ClNO/c1-13(14-6-5-7-15(17)12-14)18-10-11-19-16-8-3-2-4-9-16/h2-9,12-13,18H,10-11H2,1H3/t13-/m1/s1. The van der Waals surface area contributed by atoms with E-state index in [2.05, 4.69) is 18.3 Å². The van der Waals surface area contributed by atoms with Crippen molar-refractivity contribution in [2.75, 3.05) is 13.2 Å². The minimum absolute atomic E-state index is 0.262. The highest BCUT2D eigenvalue weighted by Crippen LogP contribution is 2.17. The molecule has 0 saturated carbocycles. The van der Waals surface area contributed by atoms with E-state index < -0.39 is 0 Å². The lowest BCUT2D eigenvalue weighted by Gasteiger charge is -2.15. The molecule has 0 aliphatic heterocycles. The van der Waals surface area contributed by atoms with Crippen LogP contribution in [0, 0.1) is 0 Å². The number of hydrogen-bond acceptors (Lipinski definition) is 2. The molecule has 100 valence electrons. The van der Waals surface area contributed by atoms with Gasteiger partial charge in [-0.15, -0.1) is 0 Å². The number of nitrogens with one attached hydrogen (secondary N) is 1. The van der Waals surface area contributed by atoms with Gasteiger partial charge in [-0.3, -0.25) is 0 Å².